The molecular weight excluding hydrogens is 332 g/mol. The number of rotatable bonds is 5. The summed E-state index contributed by atoms with van der Waals surface area (Å²) in [7, 11) is 0. The van der Waals surface area contributed by atoms with Gasteiger partial charge >= 0.3 is 5.97 Å². The Morgan fingerprint density at radius 1 is 1.08 bits per heavy atom. The van der Waals surface area contributed by atoms with E-state index in [4.69, 9.17) is 4.74 Å². The van der Waals surface area contributed by atoms with Gasteiger partial charge in [0.05, 0.1) is 0 Å². The van der Waals surface area contributed by atoms with Gasteiger partial charge in [0.15, 0.2) is 11.4 Å². The monoisotopic (exact) mass is 352 g/mol. The molecule has 0 radical (unpaired) electrons. The van der Waals surface area contributed by atoms with Gasteiger partial charge in [0, 0.05) is 27.8 Å². The van der Waals surface area contributed by atoms with Crippen LogP contribution in [0, 0.1) is 0 Å². The van der Waals surface area contributed by atoms with Crippen molar-refractivity contribution in [1.29, 1.82) is 0 Å². The molecule has 0 aliphatic heterocycles. The first kappa shape index (κ1) is 17.5. The van der Waals surface area contributed by atoms with Crippen LogP contribution in [0.15, 0.2) is 60.7 Å². The Hall–Kier alpha value is -2.33. The molecule has 0 saturated carbocycles. The summed E-state index contributed by atoms with van der Waals surface area (Å²) in [5.41, 5.74) is 1.95. The third-order valence-electron chi connectivity index (χ3n) is 4.52. The quantitative estimate of drug-likeness (QED) is 0.495. The minimum Gasteiger partial charge on any atom is -0.446 e. The van der Waals surface area contributed by atoms with Crippen molar-refractivity contribution < 1.29 is 14.3 Å². The summed E-state index contributed by atoms with van der Waals surface area (Å²) in [5, 5.41) is 0. The lowest BCUT2D eigenvalue weighted by atomic mass is 9.72. The lowest BCUT2D eigenvalue weighted by Gasteiger charge is -2.39. The minimum absolute atomic E-state index is 0.0425. The first-order valence-electron chi connectivity index (χ1n) is 8.24. The van der Waals surface area contributed by atoms with Crippen LogP contribution in [0.1, 0.15) is 46.8 Å². The summed E-state index contributed by atoms with van der Waals surface area (Å²) in [6, 6.07) is 14.7. The number of hydrogen-bond acceptors (Lipinski definition) is 4. The van der Waals surface area contributed by atoms with E-state index >= 15 is 0 Å². The largest absolute Gasteiger partial charge is 0.446 e. The van der Waals surface area contributed by atoms with E-state index in [-0.39, 0.29) is 5.78 Å². The van der Waals surface area contributed by atoms with Crippen molar-refractivity contribution in [3.63, 3.8) is 0 Å². The summed E-state index contributed by atoms with van der Waals surface area (Å²) in [6.45, 7) is 5.33. The summed E-state index contributed by atoms with van der Waals surface area (Å²) in [5.74, 6) is 0.155. The van der Waals surface area contributed by atoms with Crippen molar-refractivity contribution >= 4 is 24.4 Å². The maximum absolute atomic E-state index is 12.9. The molecular formula is C21H20O3S. The lowest BCUT2D eigenvalue weighted by molar-refractivity contribution is -0.152. The SMILES string of the molecule is C=C(C)C(=O)OC1(CCCS)c2ccccc2C(=O)c2ccccc21. The van der Waals surface area contributed by atoms with Crippen molar-refractivity contribution in [2.45, 2.75) is 25.4 Å². The van der Waals surface area contributed by atoms with Gasteiger partial charge in [-0.2, -0.15) is 12.6 Å². The van der Waals surface area contributed by atoms with Gasteiger partial charge in [0.25, 0.3) is 0 Å². The van der Waals surface area contributed by atoms with E-state index in [9.17, 15) is 9.59 Å². The molecule has 4 heteroatoms. The van der Waals surface area contributed by atoms with Gasteiger partial charge in [-0.15, -0.1) is 0 Å². The van der Waals surface area contributed by atoms with Gasteiger partial charge in [-0.1, -0.05) is 55.1 Å². The van der Waals surface area contributed by atoms with E-state index in [1.54, 1.807) is 19.1 Å². The van der Waals surface area contributed by atoms with E-state index < -0.39 is 11.6 Å². The normalized spacial score (nSPS) is 14.4. The average Bonchev–Trinajstić information content (AvgIpc) is 2.64. The second kappa shape index (κ2) is 6.89. The van der Waals surface area contributed by atoms with Crippen LogP contribution < -0.4 is 0 Å². The zero-order valence-corrected chi connectivity index (χ0v) is 15.0. The molecule has 0 spiro atoms. The molecule has 1 aliphatic carbocycles. The van der Waals surface area contributed by atoms with Crippen molar-refractivity contribution in [1.82, 2.24) is 0 Å². The third-order valence-corrected chi connectivity index (χ3v) is 4.83. The van der Waals surface area contributed by atoms with E-state index in [0.717, 1.165) is 17.5 Å². The summed E-state index contributed by atoms with van der Waals surface area (Å²) in [6.07, 6.45) is 1.29. The van der Waals surface area contributed by atoms with Crippen molar-refractivity contribution in [3.05, 3.63) is 82.9 Å². The van der Waals surface area contributed by atoms with Gasteiger partial charge < -0.3 is 4.74 Å². The van der Waals surface area contributed by atoms with E-state index in [1.165, 1.54) is 0 Å². The molecule has 0 atom stereocenters. The van der Waals surface area contributed by atoms with Crippen molar-refractivity contribution in [2.24, 2.45) is 0 Å². The van der Waals surface area contributed by atoms with E-state index in [2.05, 4.69) is 19.2 Å². The Labute approximate surface area is 153 Å². The fraction of sp³-hybridized carbons (Fsp3) is 0.238. The molecule has 0 bridgehead atoms. The molecule has 0 unspecified atom stereocenters. The van der Waals surface area contributed by atoms with Crippen molar-refractivity contribution in [2.75, 3.05) is 5.75 Å². The predicted octanol–water partition coefficient (Wildman–Crippen LogP) is 4.30. The summed E-state index contributed by atoms with van der Waals surface area (Å²) < 4.78 is 6.02. The first-order valence-corrected chi connectivity index (χ1v) is 8.88. The molecule has 0 amide bonds. The Balaban J connectivity index is 2.28. The number of esters is 1. The van der Waals surface area contributed by atoms with Crippen LogP contribution in [0.2, 0.25) is 0 Å². The van der Waals surface area contributed by atoms with Crippen LogP contribution in [0.3, 0.4) is 0 Å². The van der Waals surface area contributed by atoms with Gasteiger partial charge in [-0.3, -0.25) is 4.79 Å². The second-order valence-corrected chi connectivity index (χ2v) is 6.69. The lowest BCUT2D eigenvalue weighted by Crippen LogP contribution is -2.40. The second-order valence-electron chi connectivity index (χ2n) is 6.24. The molecule has 0 saturated heterocycles. The van der Waals surface area contributed by atoms with Gasteiger partial charge in [-0.25, -0.2) is 4.79 Å². The highest BCUT2D eigenvalue weighted by Gasteiger charge is 2.46. The molecule has 3 rings (SSSR count). The fourth-order valence-corrected chi connectivity index (χ4v) is 3.52. The van der Waals surface area contributed by atoms with Crippen LogP contribution in [0.25, 0.3) is 0 Å². The number of ether oxygens (including phenoxy) is 1. The maximum Gasteiger partial charge on any atom is 0.334 e. The molecule has 2 aromatic carbocycles. The van der Waals surface area contributed by atoms with E-state index in [1.807, 2.05) is 36.4 Å². The topological polar surface area (TPSA) is 43.4 Å². The Morgan fingerprint density at radius 3 is 2.08 bits per heavy atom. The number of ketones is 1. The molecule has 0 N–H and O–H groups in total. The Morgan fingerprint density at radius 2 is 1.60 bits per heavy atom. The Bertz CT molecular complexity index is 804. The summed E-state index contributed by atoms with van der Waals surface area (Å²) >= 11 is 4.32. The smallest absolute Gasteiger partial charge is 0.334 e. The van der Waals surface area contributed by atoms with Crippen LogP contribution in [0.5, 0.6) is 0 Å². The molecule has 3 nitrogen and oxygen atoms in total. The Kier molecular flexibility index (Phi) is 4.82. The van der Waals surface area contributed by atoms with Crippen molar-refractivity contribution in [3.8, 4) is 0 Å². The number of thiol groups is 1. The number of carbonyl (C=O) groups is 2. The fourth-order valence-electron chi connectivity index (χ4n) is 3.36. The van der Waals surface area contributed by atoms with Crippen LogP contribution in [-0.4, -0.2) is 17.5 Å². The average molecular weight is 352 g/mol. The molecule has 0 aromatic heterocycles. The predicted molar refractivity (Wildman–Crippen MR) is 101 cm³/mol. The van der Waals surface area contributed by atoms with Gasteiger partial charge in [0.2, 0.25) is 0 Å². The molecule has 0 fully saturated rings. The first-order chi connectivity index (χ1) is 12.0. The number of carbonyl (C=O) groups excluding carboxylic acids is 2. The third kappa shape index (κ3) is 2.91. The molecule has 2 aromatic rings. The zero-order chi connectivity index (χ0) is 18.0. The number of benzene rings is 2. The minimum atomic E-state index is -1.00. The molecule has 25 heavy (non-hydrogen) atoms. The van der Waals surface area contributed by atoms with Crippen LogP contribution in [-0.2, 0) is 15.1 Å². The molecule has 0 heterocycles. The van der Waals surface area contributed by atoms with Crippen LogP contribution >= 0.6 is 12.6 Å². The van der Waals surface area contributed by atoms with E-state index in [0.29, 0.717) is 28.9 Å². The number of fused-ring (bicyclic) bond motifs is 2. The highest BCUT2D eigenvalue weighted by atomic mass is 32.1. The highest BCUT2D eigenvalue weighted by molar-refractivity contribution is 7.80. The molecule has 1 aliphatic rings. The maximum atomic E-state index is 12.9. The number of hydrogen-bond donors (Lipinski definition) is 1. The summed E-state index contributed by atoms with van der Waals surface area (Å²) in [4.78, 5) is 25.4. The molecule has 128 valence electrons. The van der Waals surface area contributed by atoms with Gasteiger partial charge in [0.1, 0.15) is 0 Å². The van der Waals surface area contributed by atoms with Gasteiger partial charge in [-0.05, 0) is 25.5 Å². The standard InChI is InChI=1S/C21H20O3S/c1-14(2)20(23)24-21(12-7-13-25)17-10-5-3-8-15(17)19(22)16-9-4-6-11-18(16)21/h3-6,8-11,25H,1,7,12-13H2,2H3. The highest BCUT2D eigenvalue weighted by Crippen LogP contribution is 2.46. The zero-order valence-electron chi connectivity index (χ0n) is 14.1. The van der Waals surface area contributed by atoms with Crippen LogP contribution in [0.4, 0.5) is 0 Å².